The van der Waals surface area contributed by atoms with Gasteiger partial charge in [-0.05, 0) is 12.8 Å². The van der Waals surface area contributed by atoms with Crippen LogP contribution in [0.2, 0.25) is 0 Å². The van der Waals surface area contributed by atoms with Crippen LogP contribution in [0.5, 0.6) is 0 Å². The normalized spacial score (nSPS) is 15.8. The maximum absolute atomic E-state index is 10.9. The van der Waals surface area contributed by atoms with Crippen LogP contribution in [0.1, 0.15) is 36.2 Å². The van der Waals surface area contributed by atoms with E-state index in [4.69, 9.17) is 9.84 Å². The average molecular weight is 251 g/mol. The summed E-state index contributed by atoms with van der Waals surface area (Å²) >= 11 is 0. The third kappa shape index (κ3) is 3.40. The molecule has 6 nitrogen and oxygen atoms in total. The van der Waals surface area contributed by atoms with Gasteiger partial charge in [0.2, 0.25) is 0 Å². The Bertz CT molecular complexity index is 405. The lowest BCUT2D eigenvalue weighted by molar-refractivity contribution is 0.0654. The van der Waals surface area contributed by atoms with Crippen LogP contribution in [0.15, 0.2) is 12.4 Å². The summed E-state index contributed by atoms with van der Waals surface area (Å²) in [7, 11) is 0. The number of carbonyl (C=O) groups is 1. The van der Waals surface area contributed by atoms with E-state index in [1.54, 1.807) is 0 Å². The van der Waals surface area contributed by atoms with Gasteiger partial charge in [0.05, 0.1) is 12.7 Å². The third-order valence-electron chi connectivity index (χ3n) is 2.95. The smallest absolute Gasteiger partial charge is 0.358 e. The lowest BCUT2D eigenvalue weighted by atomic mass is 10.3. The SMILES string of the molecule is O=C(O)c1nccnc1NCCOC1CCCC1. The van der Waals surface area contributed by atoms with Crippen molar-refractivity contribution in [2.75, 3.05) is 18.5 Å². The highest BCUT2D eigenvalue weighted by molar-refractivity contribution is 5.90. The quantitative estimate of drug-likeness (QED) is 0.746. The predicted molar refractivity (Wildman–Crippen MR) is 65.7 cm³/mol. The van der Waals surface area contributed by atoms with Gasteiger partial charge in [0.1, 0.15) is 0 Å². The van der Waals surface area contributed by atoms with Gasteiger partial charge in [-0.25, -0.2) is 14.8 Å². The molecule has 0 atom stereocenters. The molecule has 1 aliphatic carbocycles. The van der Waals surface area contributed by atoms with Crippen LogP contribution in [0, 0.1) is 0 Å². The van der Waals surface area contributed by atoms with E-state index in [2.05, 4.69) is 15.3 Å². The maximum atomic E-state index is 10.9. The molecule has 0 radical (unpaired) electrons. The molecule has 1 heterocycles. The van der Waals surface area contributed by atoms with Crippen molar-refractivity contribution < 1.29 is 14.6 Å². The molecule has 1 fully saturated rings. The van der Waals surface area contributed by atoms with Crippen molar-refractivity contribution >= 4 is 11.8 Å². The molecule has 2 rings (SSSR count). The van der Waals surface area contributed by atoms with Gasteiger partial charge in [-0.1, -0.05) is 12.8 Å². The highest BCUT2D eigenvalue weighted by Crippen LogP contribution is 2.20. The second-order valence-corrected chi connectivity index (χ2v) is 4.26. The van der Waals surface area contributed by atoms with E-state index >= 15 is 0 Å². The van der Waals surface area contributed by atoms with E-state index in [1.165, 1.54) is 25.2 Å². The molecule has 0 spiro atoms. The minimum Gasteiger partial charge on any atom is -0.476 e. The van der Waals surface area contributed by atoms with Crippen molar-refractivity contribution in [3.05, 3.63) is 18.1 Å². The Morgan fingerprint density at radius 1 is 1.39 bits per heavy atom. The lowest BCUT2D eigenvalue weighted by Crippen LogP contribution is -2.17. The number of nitrogens with zero attached hydrogens (tertiary/aromatic N) is 2. The molecular formula is C12H17N3O3. The Labute approximate surface area is 105 Å². The zero-order chi connectivity index (χ0) is 12.8. The van der Waals surface area contributed by atoms with Crippen molar-refractivity contribution in [3.63, 3.8) is 0 Å². The van der Waals surface area contributed by atoms with Crippen molar-refractivity contribution in [2.45, 2.75) is 31.8 Å². The van der Waals surface area contributed by atoms with Crippen LogP contribution >= 0.6 is 0 Å². The zero-order valence-corrected chi connectivity index (χ0v) is 10.1. The summed E-state index contributed by atoms with van der Waals surface area (Å²) in [4.78, 5) is 18.6. The van der Waals surface area contributed by atoms with Crippen LogP contribution in [0.3, 0.4) is 0 Å². The molecule has 2 N–H and O–H groups in total. The molecule has 18 heavy (non-hydrogen) atoms. The van der Waals surface area contributed by atoms with E-state index in [0.717, 1.165) is 12.8 Å². The van der Waals surface area contributed by atoms with Gasteiger partial charge in [0, 0.05) is 18.9 Å². The third-order valence-corrected chi connectivity index (χ3v) is 2.95. The first-order valence-corrected chi connectivity index (χ1v) is 6.17. The molecule has 0 amide bonds. The highest BCUT2D eigenvalue weighted by atomic mass is 16.5. The second kappa shape index (κ2) is 6.30. The summed E-state index contributed by atoms with van der Waals surface area (Å²) in [5.41, 5.74) is -0.0571. The van der Waals surface area contributed by atoms with Gasteiger partial charge < -0.3 is 15.2 Å². The van der Waals surface area contributed by atoms with Crippen LogP contribution in [0.25, 0.3) is 0 Å². The van der Waals surface area contributed by atoms with E-state index < -0.39 is 5.97 Å². The molecule has 0 aromatic carbocycles. The van der Waals surface area contributed by atoms with Gasteiger partial charge >= 0.3 is 5.97 Å². The molecule has 0 saturated heterocycles. The summed E-state index contributed by atoms with van der Waals surface area (Å²) < 4.78 is 5.67. The minimum atomic E-state index is -1.08. The number of anilines is 1. The van der Waals surface area contributed by atoms with Crippen LogP contribution in [0.4, 0.5) is 5.82 Å². The number of rotatable bonds is 6. The number of aromatic carboxylic acids is 1. The Kier molecular flexibility index (Phi) is 4.46. The fourth-order valence-corrected chi connectivity index (χ4v) is 2.07. The first-order chi connectivity index (χ1) is 8.77. The number of aromatic nitrogens is 2. The van der Waals surface area contributed by atoms with Gasteiger partial charge in [-0.15, -0.1) is 0 Å². The molecule has 98 valence electrons. The number of hydrogen-bond donors (Lipinski definition) is 2. The molecule has 1 aliphatic rings. The van der Waals surface area contributed by atoms with Gasteiger partial charge in [-0.2, -0.15) is 0 Å². The number of nitrogens with one attached hydrogen (secondary N) is 1. The topological polar surface area (TPSA) is 84.3 Å². The average Bonchev–Trinajstić information content (AvgIpc) is 2.88. The highest BCUT2D eigenvalue weighted by Gasteiger charge is 2.15. The Morgan fingerprint density at radius 3 is 2.83 bits per heavy atom. The largest absolute Gasteiger partial charge is 0.476 e. The van der Waals surface area contributed by atoms with Crippen LogP contribution < -0.4 is 5.32 Å². The van der Waals surface area contributed by atoms with E-state index in [-0.39, 0.29) is 5.69 Å². The maximum Gasteiger partial charge on any atom is 0.358 e. The predicted octanol–water partition coefficient (Wildman–Crippen LogP) is 1.55. The number of carboxylic acid groups (broad SMARTS) is 1. The van der Waals surface area contributed by atoms with Crippen molar-refractivity contribution in [3.8, 4) is 0 Å². The summed E-state index contributed by atoms with van der Waals surface area (Å²) in [6.07, 6.45) is 7.94. The number of carboxylic acids is 1. The fourth-order valence-electron chi connectivity index (χ4n) is 2.07. The van der Waals surface area contributed by atoms with Crippen molar-refractivity contribution in [2.24, 2.45) is 0 Å². The monoisotopic (exact) mass is 251 g/mol. The molecular weight excluding hydrogens is 234 g/mol. The number of ether oxygens (including phenoxy) is 1. The molecule has 1 aromatic rings. The van der Waals surface area contributed by atoms with Gasteiger partial charge in [-0.3, -0.25) is 0 Å². The summed E-state index contributed by atoms with van der Waals surface area (Å²) in [5.74, 6) is -0.790. The summed E-state index contributed by atoms with van der Waals surface area (Å²) in [6, 6.07) is 0. The first kappa shape index (κ1) is 12.8. The molecule has 0 aliphatic heterocycles. The van der Waals surface area contributed by atoms with E-state index in [1.807, 2.05) is 0 Å². The van der Waals surface area contributed by atoms with Crippen LogP contribution in [-0.2, 0) is 4.74 Å². The zero-order valence-electron chi connectivity index (χ0n) is 10.1. The van der Waals surface area contributed by atoms with Crippen molar-refractivity contribution in [1.82, 2.24) is 9.97 Å². The summed E-state index contributed by atoms with van der Waals surface area (Å²) in [5, 5.41) is 11.9. The van der Waals surface area contributed by atoms with Gasteiger partial charge in [0.15, 0.2) is 11.5 Å². The van der Waals surface area contributed by atoms with E-state index in [9.17, 15) is 4.79 Å². The molecule has 6 heteroatoms. The van der Waals surface area contributed by atoms with Crippen LogP contribution in [-0.4, -0.2) is 40.3 Å². The first-order valence-electron chi connectivity index (χ1n) is 6.17. The second-order valence-electron chi connectivity index (χ2n) is 4.26. The molecule has 1 aromatic heterocycles. The van der Waals surface area contributed by atoms with Gasteiger partial charge in [0.25, 0.3) is 0 Å². The Morgan fingerprint density at radius 2 is 2.11 bits per heavy atom. The number of hydrogen-bond acceptors (Lipinski definition) is 5. The molecule has 0 bridgehead atoms. The minimum absolute atomic E-state index is 0.0571. The Balaban J connectivity index is 1.77. The van der Waals surface area contributed by atoms with Crippen molar-refractivity contribution in [1.29, 1.82) is 0 Å². The summed E-state index contributed by atoms with van der Waals surface area (Å²) in [6.45, 7) is 1.09. The Hall–Kier alpha value is -1.69. The molecule has 1 saturated carbocycles. The van der Waals surface area contributed by atoms with E-state index in [0.29, 0.717) is 25.1 Å². The molecule has 0 unspecified atom stereocenters. The fraction of sp³-hybridized carbons (Fsp3) is 0.583. The lowest BCUT2D eigenvalue weighted by Gasteiger charge is -2.12. The standard InChI is InChI=1S/C12H17N3O3/c16-12(17)10-11(14-6-5-13-10)15-7-8-18-9-3-1-2-4-9/h5-6,9H,1-4,7-8H2,(H,14,15)(H,16,17).